The Morgan fingerprint density at radius 2 is 1.92 bits per heavy atom. The van der Waals surface area contributed by atoms with Crippen molar-refractivity contribution >= 4 is 5.84 Å². The Hall–Kier alpha value is -1.31. The lowest BCUT2D eigenvalue weighted by Crippen LogP contribution is -2.25. The highest BCUT2D eigenvalue weighted by atomic mass is 15.1. The van der Waals surface area contributed by atoms with Gasteiger partial charge in [0, 0.05) is 13.6 Å². The van der Waals surface area contributed by atoms with Crippen LogP contribution in [0.4, 0.5) is 0 Å². The van der Waals surface area contributed by atoms with Crippen LogP contribution in [-0.4, -0.2) is 24.3 Å². The van der Waals surface area contributed by atoms with Crippen molar-refractivity contribution in [3.63, 3.8) is 0 Å². The second-order valence-corrected chi connectivity index (χ2v) is 3.24. The van der Waals surface area contributed by atoms with Crippen molar-refractivity contribution in [2.45, 2.75) is 13.3 Å². The molecule has 0 spiro atoms. The third kappa shape index (κ3) is 3.28. The fraction of sp³-hybridized carbons (Fsp3) is 0.364. The largest absolute Gasteiger partial charge is 0.364 e. The highest BCUT2D eigenvalue weighted by Crippen LogP contribution is 2.00. The van der Waals surface area contributed by atoms with Crippen molar-refractivity contribution in [1.29, 1.82) is 5.41 Å². The fourth-order valence-corrected chi connectivity index (χ4v) is 1.11. The number of nitrogens with zero attached hydrogens (tertiary/aromatic N) is 1. The Morgan fingerprint density at radius 1 is 1.31 bits per heavy atom. The van der Waals surface area contributed by atoms with E-state index in [0.29, 0.717) is 5.84 Å². The second kappa shape index (κ2) is 4.65. The summed E-state index contributed by atoms with van der Waals surface area (Å²) in [6.45, 7) is 2.73. The van der Waals surface area contributed by atoms with Gasteiger partial charge in [-0.15, -0.1) is 0 Å². The van der Waals surface area contributed by atoms with Gasteiger partial charge in [0.1, 0.15) is 0 Å². The van der Waals surface area contributed by atoms with E-state index in [0.717, 1.165) is 13.0 Å². The van der Waals surface area contributed by atoms with Gasteiger partial charge in [-0.05, 0) is 18.9 Å². The molecule has 0 saturated carbocycles. The van der Waals surface area contributed by atoms with Crippen LogP contribution in [0.2, 0.25) is 0 Å². The maximum atomic E-state index is 7.39. The van der Waals surface area contributed by atoms with E-state index in [1.54, 1.807) is 0 Å². The van der Waals surface area contributed by atoms with Gasteiger partial charge in [-0.2, -0.15) is 0 Å². The van der Waals surface area contributed by atoms with Gasteiger partial charge in [0.2, 0.25) is 0 Å². The molecule has 0 radical (unpaired) electrons. The van der Waals surface area contributed by atoms with Gasteiger partial charge < -0.3 is 4.90 Å². The van der Waals surface area contributed by atoms with Crippen molar-refractivity contribution in [2.24, 2.45) is 0 Å². The molecule has 2 nitrogen and oxygen atoms in total. The van der Waals surface area contributed by atoms with Crippen molar-refractivity contribution in [1.82, 2.24) is 4.90 Å². The molecule has 0 saturated heterocycles. The lowest BCUT2D eigenvalue weighted by atomic mass is 10.1. The highest BCUT2D eigenvalue weighted by molar-refractivity contribution is 5.75. The van der Waals surface area contributed by atoms with E-state index in [2.05, 4.69) is 12.1 Å². The second-order valence-electron chi connectivity index (χ2n) is 3.24. The number of benzene rings is 1. The minimum atomic E-state index is 0.621. The minimum absolute atomic E-state index is 0.621. The van der Waals surface area contributed by atoms with E-state index in [9.17, 15) is 0 Å². The smallest absolute Gasteiger partial charge is 0.0923 e. The Morgan fingerprint density at radius 3 is 2.46 bits per heavy atom. The van der Waals surface area contributed by atoms with Gasteiger partial charge >= 0.3 is 0 Å². The Balaban J connectivity index is 2.39. The molecule has 13 heavy (non-hydrogen) atoms. The van der Waals surface area contributed by atoms with Crippen molar-refractivity contribution < 1.29 is 0 Å². The summed E-state index contributed by atoms with van der Waals surface area (Å²) >= 11 is 0. The maximum absolute atomic E-state index is 7.39. The SMILES string of the molecule is CC(=N)N(C)CCc1ccccc1. The van der Waals surface area contributed by atoms with Gasteiger partial charge in [-0.3, -0.25) is 5.41 Å². The lowest BCUT2D eigenvalue weighted by molar-refractivity contribution is 0.502. The van der Waals surface area contributed by atoms with Gasteiger partial charge in [-0.25, -0.2) is 0 Å². The fourth-order valence-electron chi connectivity index (χ4n) is 1.11. The van der Waals surface area contributed by atoms with Gasteiger partial charge in [0.05, 0.1) is 5.84 Å². The average Bonchev–Trinajstić information content (AvgIpc) is 2.15. The van der Waals surface area contributed by atoms with Crippen molar-refractivity contribution in [2.75, 3.05) is 13.6 Å². The molecular formula is C11H16N2. The zero-order valence-electron chi connectivity index (χ0n) is 8.25. The number of rotatable bonds is 3. The molecule has 1 aromatic carbocycles. The topological polar surface area (TPSA) is 27.1 Å². The zero-order valence-corrected chi connectivity index (χ0v) is 8.25. The summed E-state index contributed by atoms with van der Waals surface area (Å²) in [6.07, 6.45) is 1.01. The summed E-state index contributed by atoms with van der Waals surface area (Å²) in [6, 6.07) is 10.4. The summed E-state index contributed by atoms with van der Waals surface area (Å²) in [4.78, 5) is 1.95. The van der Waals surface area contributed by atoms with E-state index in [1.807, 2.05) is 37.1 Å². The standard InChI is InChI=1S/C11H16N2/c1-10(12)13(2)9-8-11-6-4-3-5-7-11/h3-7,12H,8-9H2,1-2H3. The predicted molar refractivity (Wildman–Crippen MR) is 56.2 cm³/mol. The van der Waals surface area contributed by atoms with E-state index in [-0.39, 0.29) is 0 Å². The number of hydrogen-bond donors (Lipinski definition) is 1. The molecule has 0 aromatic heterocycles. The number of likely N-dealkylation sites (N-methyl/N-ethyl adjacent to an activating group) is 1. The first-order valence-corrected chi connectivity index (χ1v) is 4.50. The first-order chi connectivity index (χ1) is 6.20. The van der Waals surface area contributed by atoms with E-state index < -0.39 is 0 Å². The minimum Gasteiger partial charge on any atom is -0.364 e. The third-order valence-electron chi connectivity index (χ3n) is 2.15. The van der Waals surface area contributed by atoms with E-state index in [4.69, 9.17) is 5.41 Å². The first kappa shape index (κ1) is 9.78. The molecule has 0 unspecified atom stereocenters. The molecule has 0 aliphatic rings. The number of amidine groups is 1. The molecular weight excluding hydrogens is 160 g/mol. The molecule has 0 bridgehead atoms. The van der Waals surface area contributed by atoms with Crippen LogP contribution in [0, 0.1) is 5.41 Å². The summed E-state index contributed by atoms with van der Waals surface area (Å²) < 4.78 is 0. The van der Waals surface area contributed by atoms with E-state index >= 15 is 0 Å². The Kier molecular flexibility index (Phi) is 3.50. The van der Waals surface area contributed by atoms with Crippen LogP contribution in [0.15, 0.2) is 30.3 Å². The van der Waals surface area contributed by atoms with Crippen molar-refractivity contribution in [3.05, 3.63) is 35.9 Å². The van der Waals surface area contributed by atoms with Gasteiger partial charge in [0.15, 0.2) is 0 Å². The number of hydrogen-bond acceptors (Lipinski definition) is 1. The summed E-state index contributed by atoms with van der Waals surface area (Å²) in [5.74, 6) is 0.621. The molecule has 1 N–H and O–H groups in total. The molecule has 1 aromatic rings. The molecule has 0 atom stereocenters. The highest BCUT2D eigenvalue weighted by Gasteiger charge is 1.98. The molecule has 0 aliphatic heterocycles. The average molecular weight is 176 g/mol. The normalized spacial score (nSPS) is 9.69. The first-order valence-electron chi connectivity index (χ1n) is 4.50. The Labute approximate surface area is 79.7 Å². The van der Waals surface area contributed by atoms with Crippen LogP contribution in [0.25, 0.3) is 0 Å². The monoisotopic (exact) mass is 176 g/mol. The van der Waals surface area contributed by atoms with Crippen LogP contribution in [-0.2, 0) is 6.42 Å². The van der Waals surface area contributed by atoms with Crippen LogP contribution in [0.1, 0.15) is 12.5 Å². The quantitative estimate of drug-likeness (QED) is 0.554. The summed E-state index contributed by atoms with van der Waals surface area (Å²) in [5.41, 5.74) is 1.33. The van der Waals surface area contributed by atoms with Crippen molar-refractivity contribution in [3.8, 4) is 0 Å². The molecule has 1 rings (SSSR count). The number of nitrogens with one attached hydrogen (secondary N) is 1. The maximum Gasteiger partial charge on any atom is 0.0923 e. The molecule has 2 heteroatoms. The molecule has 0 amide bonds. The lowest BCUT2D eigenvalue weighted by Gasteiger charge is -2.16. The molecule has 0 heterocycles. The summed E-state index contributed by atoms with van der Waals surface area (Å²) in [7, 11) is 1.95. The zero-order chi connectivity index (χ0) is 9.68. The van der Waals surface area contributed by atoms with Crippen LogP contribution in [0.5, 0.6) is 0 Å². The molecule has 70 valence electrons. The van der Waals surface area contributed by atoms with Crippen LogP contribution < -0.4 is 0 Å². The van der Waals surface area contributed by atoms with Crippen LogP contribution >= 0.6 is 0 Å². The Bertz CT molecular complexity index is 267. The van der Waals surface area contributed by atoms with Crippen LogP contribution in [0.3, 0.4) is 0 Å². The van der Waals surface area contributed by atoms with Gasteiger partial charge in [-0.1, -0.05) is 30.3 Å². The predicted octanol–water partition coefficient (Wildman–Crippen LogP) is 2.16. The molecule has 0 aliphatic carbocycles. The molecule has 0 fully saturated rings. The summed E-state index contributed by atoms with van der Waals surface area (Å²) in [5, 5.41) is 7.39. The van der Waals surface area contributed by atoms with Gasteiger partial charge in [0.25, 0.3) is 0 Å². The van der Waals surface area contributed by atoms with E-state index in [1.165, 1.54) is 5.56 Å². The third-order valence-corrected chi connectivity index (χ3v) is 2.15.